The van der Waals surface area contributed by atoms with Crippen LogP contribution in [0.5, 0.6) is 0 Å². The van der Waals surface area contributed by atoms with Gasteiger partial charge in [0, 0.05) is 6.04 Å². The van der Waals surface area contributed by atoms with E-state index < -0.39 is 16.0 Å². The Morgan fingerprint density at radius 1 is 1.12 bits per heavy atom. The van der Waals surface area contributed by atoms with Crippen molar-refractivity contribution in [3.8, 4) is 0 Å². The summed E-state index contributed by atoms with van der Waals surface area (Å²) in [6.45, 7) is 1.81. The molecular formula is C17H25N3O5S. The fourth-order valence-electron chi connectivity index (χ4n) is 3.05. The van der Waals surface area contributed by atoms with Crippen LogP contribution in [0.1, 0.15) is 44.2 Å². The summed E-state index contributed by atoms with van der Waals surface area (Å²) in [4.78, 5) is 23.3. The van der Waals surface area contributed by atoms with Gasteiger partial charge in [0.05, 0.1) is 16.9 Å². The van der Waals surface area contributed by atoms with Crippen LogP contribution in [0.4, 0.5) is 4.79 Å². The summed E-state index contributed by atoms with van der Waals surface area (Å²) < 4.78 is 25.7. The number of rotatable bonds is 6. The minimum atomic E-state index is -3.49. The predicted octanol–water partition coefficient (Wildman–Crippen LogP) is 1.60. The van der Waals surface area contributed by atoms with Crippen LogP contribution in [0.25, 0.3) is 0 Å². The molecule has 26 heavy (non-hydrogen) atoms. The first kappa shape index (κ1) is 20.2. The van der Waals surface area contributed by atoms with E-state index in [4.69, 9.17) is 5.11 Å². The molecule has 0 aromatic heterocycles. The summed E-state index contributed by atoms with van der Waals surface area (Å²) in [5.41, 5.74) is 0.782. The number of carbonyl (C=O) groups is 2. The third kappa shape index (κ3) is 5.18. The number of sulfonamides is 1. The van der Waals surface area contributed by atoms with Crippen molar-refractivity contribution in [1.29, 1.82) is 0 Å². The Hall–Kier alpha value is -2.13. The number of nitrogens with one attached hydrogen (secondary N) is 3. The molecule has 1 fully saturated rings. The van der Waals surface area contributed by atoms with Crippen LogP contribution in [-0.4, -0.2) is 38.6 Å². The van der Waals surface area contributed by atoms with Crippen LogP contribution in [0, 0.1) is 5.92 Å². The molecule has 0 spiro atoms. The van der Waals surface area contributed by atoms with Gasteiger partial charge < -0.3 is 15.7 Å². The number of amides is 2. The molecule has 2 amide bonds. The van der Waals surface area contributed by atoms with E-state index in [0.29, 0.717) is 25.7 Å². The fraction of sp³-hybridized carbons (Fsp3) is 0.529. The first-order valence-electron chi connectivity index (χ1n) is 8.56. The molecule has 1 aromatic rings. The zero-order valence-electron chi connectivity index (χ0n) is 14.9. The van der Waals surface area contributed by atoms with Gasteiger partial charge in [-0.05, 0) is 57.4 Å². The van der Waals surface area contributed by atoms with Crippen LogP contribution in [0.2, 0.25) is 0 Å². The number of carboxylic acids is 1. The van der Waals surface area contributed by atoms with Crippen LogP contribution >= 0.6 is 0 Å². The van der Waals surface area contributed by atoms with Gasteiger partial charge in [-0.3, -0.25) is 4.79 Å². The molecule has 1 aliphatic carbocycles. The SMILES string of the molecule is CNS(=O)(=O)c1ccc(C(C)NC(=O)NC2CCC(C(=O)O)CC2)cc1. The average Bonchev–Trinajstić information content (AvgIpc) is 2.62. The van der Waals surface area contributed by atoms with E-state index in [1.165, 1.54) is 19.2 Å². The van der Waals surface area contributed by atoms with Crippen molar-refractivity contribution in [2.24, 2.45) is 5.92 Å². The Bertz CT molecular complexity index is 740. The maximum Gasteiger partial charge on any atom is 0.315 e. The Morgan fingerprint density at radius 3 is 2.19 bits per heavy atom. The fourth-order valence-corrected chi connectivity index (χ4v) is 3.78. The zero-order chi connectivity index (χ0) is 19.3. The lowest BCUT2D eigenvalue weighted by atomic mass is 9.86. The molecule has 0 bridgehead atoms. The molecule has 144 valence electrons. The molecular weight excluding hydrogens is 358 g/mol. The monoisotopic (exact) mass is 383 g/mol. The van der Waals surface area contributed by atoms with E-state index in [1.54, 1.807) is 12.1 Å². The van der Waals surface area contributed by atoms with Crippen molar-refractivity contribution in [3.05, 3.63) is 29.8 Å². The highest BCUT2D eigenvalue weighted by Crippen LogP contribution is 2.24. The van der Waals surface area contributed by atoms with E-state index in [2.05, 4.69) is 15.4 Å². The van der Waals surface area contributed by atoms with Gasteiger partial charge in [-0.25, -0.2) is 17.9 Å². The van der Waals surface area contributed by atoms with Crippen LogP contribution in [-0.2, 0) is 14.8 Å². The topological polar surface area (TPSA) is 125 Å². The quantitative estimate of drug-likeness (QED) is 0.594. The normalized spacial score (nSPS) is 21.6. The van der Waals surface area contributed by atoms with E-state index in [-0.39, 0.29) is 28.9 Å². The molecule has 9 heteroatoms. The number of carboxylic acid groups (broad SMARTS) is 1. The lowest BCUT2D eigenvalue weighted by Gasteiger charge is -2.27. The molecule has 1 aliphatic rings. The maximum absolute atomic E-state index is 12.1. The molecule has 4 N–H and O–H groups in total. The molecule has 1 unspecified atom stereocenters. The first-order valence-corrected chi connectivity index (χ1v) is 10.0. The smallest absolute Gasteiger partial charge is 0.315 e. The standard InChI is InChI=1S/C17H25N3O5S/c1-11(12-5-9-15(10-6-12)26(24,25)18-2)19-17(23)20-14-7-3-13(4-8-14)16(21)22/h5-6,9-11,13-14,18H,3-4,7-8H2,1-2H3,(H,21,22)(H2,19,20,23). The molecule has 0 saturated heterocycles. The molecule has 1 saturated carbocycles. The van der Waals surface area contributed by atoms with E-state index in [1.807, 2.05) is 6.92 Å². The van der Waals surface area contributed by atoms with Gasteiger partial charge in [0.25, 0.3) is 0 Å². The van der Waals surface area contributed by atoms with Crippen molar-refractivity contribution in [2.75, 3.05) is 7.05 Å². The number of benzene rings is 1. The molecule has 1 aromatic carbocycles. The molecule has 0 heterocycles. The van der Waals surface area contributed by atoms with Crippen LogP contribution in [0.3, 0.4) is 0 Å². The third-order valence-electron chi connectivity index (χ3n) is 4.72. The minimum Gasteiger partial charge on any atom is -0.481 e. The van der Waals surface area contributed by atoms with Gasteiger partial charge in [-0.2, -0.15) is 0 Å². The summed E-state index contributed by atoms with van der Waals surface area (Å²) in [6, 6.07) is 5.66. The van der Waals surface area contributed by atoms with E-state index >= 15 is 0 Å². The first-order chi connectivity index (χ1) is 12.2. The van der Waals surface area contributed by atoms with Gasteiger partial charge in [-0.15, -0.1) is 0 Å². The largest absolute Gasteiger partial charge is 0.481 e. The molecule has 1 atom stereocenters. The number of urea groups is 1. The van der Waals surface area contributed by atoms with Gasteiger partial charge in [0.1, 0.15) is 0 Å². The van der Waals surface area contributed by atoms with Crippen molar-refractivity contribution >= 4 is 22.0 Å². The second-order valence-electron chi connectivity index (χ2n) is 6.50. The summed E-state index contributed by atoms with van der Waals surface area (Å²) in [5, 5.41) is 14.7. The second-order valence-corrected chi connectivity index (χ2v) is 8.39. The zero-order valence-corrected chi connectivity index (χ0v) is 15.7. The van der Waals surface area contributed by atoms with E-state index in [9.17, 15) is 18.0 Å². The minimum absolute atomic E-state index is 0.0269. The number of carbonyl (C=O) groups excluding carboxylic acids is 1. The Labute approximate surface area is 153 Å². The summed E-state index contributed by atoms with van der Waals surface area (Å²) >= 11 is 0. The van der Waals surface area contributed by atoms with Crippen LogP contribution < -0.4 is 15.4 Å². The average molecular weight is 383 g/mol. The predicted molar refractivity (Wildman–Crippen MR) is 96.2 cm³/mol. The van der Waals surface area contributed by atoms with Gasteiger partial charge in [-0.1, -0.05) is 12.1 Å². The Kier molecular flexibility index (Phi) is 6.60. The Morgan fingerprint density at radius 2 is 1.69 bits per heavy atom. The Balaban J connectivity index is 1.86. The number of aliphatic carboxylic acids is 1. The van der Waals surface area contributed by atoms with Crippen LogP contribution in [0.15, 0.2) is 29.2 Å². The van der Waals surface area contributed by atoms with Crippen molar-refractivity contribution in [1.82, 2.24) is 15.4 Å². The third-order valence-corrected chi connectivity index (χ3v) is 6.15. The second kappa shape index (κ2) is 8.50. The van der Waals surface area contributed by atoms with Gasteiger partial charge >= 0.3 is 12.0 Å². The lowest BCUT2D eigenvalue weighted by Crippen LogP contribution is -2.44. The van der Waals surface area contributed by atoms with Gasteiger partial charge in [0.2, 0.25) is 10.0 Å². The van der Waals surface area contributed by atoms with Crippen molar-refractivity contribution in [2.45, 2.75) is 49.6 Å². The highest BCUT2D eigenvalue weighted by Gasteiger charge is 2.27. The molecule has 0 radical (unpaired) electrons. The maximum atomic E-state index is 12.1. The number of hydrogen-bond acceptors (Lipinski definition) is 4. The molecule has 0 aliphatic heterocycles. The highest BCUT2D eigenvalue weighted by molar-refractivity contribution is 7.89. The summed E-state index contributed by atoms with van der Waals surface area (Å²) in [7, 11) is -2.14. The van der Waals surface area contributed by atoms with E-state index in [0.717, 1.165) is 5.56 Å². The highest BCUT2D eigenvalue weighted by atomic mass is 32.2. The lowest BCUT2D eigenvalue weighted by molar-refractivity contribution is -0.142. The van der Waals surface area contributed by atoms with Gasteiger partial charge in [0.15, 0.2) is 0 Å². The molecule has 2 rings (SSSR count). The van der Waals surface area contributed by atoms with Crippen molar-refractivity contribution < 1.29 is 23.1 Å². The molecule has 8 nitrogen and oxygen atoms in total. The summed E-state index contributed by atoms with van der Waals surface area (Å²) in [6.07, 6.45) is 2.43. The number of hydrogen-bond donors (Lipinski definition) is 4. The van der Waals surface area contributed by atoms with Crippen molar-refractivity contribution in [3.63, 3.8) is 0 Å². The summed E-state index contributed by atoms with van der Waals surface area (Å²) in [5.74, 6) is -1.09.